The summed E-state index contributed by atoms with van der Waals surface area (Å²) >= 11 is 6.02. The van der Waals surface area contributed by atoms with Gasteiger partial charge in [-0.2, -0.15) is 5.10 Å². The van der Waals surface area contributed by atoms with E-state index in [1.54, 1.807) is 0 Å². The molecule has 0 saturated heterocycles. The molecule has 0 saturated carbocycles. The molecule has 2 aromatic rings. The average Bonchev–Trinajstić information content (AvgIpc) is 2.89. The van der Waals surface area contributed by atoms with Crippen molar-refractivity contribution in [3.8, 4) is 0 Å². The van der Waals surface area contributed by atoms with E-state index >= 15 is 0 Å². The van der Waals surface area contributed by atoms with Gasteiger partial charge in [-0.25, -0.2) is 0 Å². The first-order valence-electron chi connectivity index (χ1n) is 6.19. The lowest BCUT2D eigenvalue weighted by molar-refractivity contribution is 0.578. The Morgan fingerprint density at radius 3 is 2.72 bits per heavy atom. The minimum Gasteiger partial charge on any atom is -0.305 e. The lowest BCUT2D eigenvalue weighted by Crippen LogP contribution is -2.22. The Balaban J connectivity index is 1.95. The van der Waals surface area contributed by atoms with E-state index in [0.29, 0.717) is 5.88 Å². The number of aromatic nitrogens is 2. The smallest absolute Gasteiger partial charge is 0.0534 e. The lowest BCUT2D eigenvalue weighted by Gasteiger charge is -2.15. The monoisotopic (exact) mass is 263 g/mol. The zero-order chi connectivity index (χ0) is 12.8. The molecule has 4 heteroatoms. The van der Waals surface area contributed by atoms with Gasteiger partial charge < -0.3 is 5.32 Å². The molecule has 0 radical (unpaired) electrons. The van der Waals surface area contributed by atoms with Crippen molar-refractivity contribution in [2.24, 2.45) is 0 Å². The fraction of sp³-hybridized carbons (Fsp3) is 0.357. The Bertz CT molecular complexity index is 467. The van der Waals surface area contributed by atoms with Crippen LogP contribution >= 0.6 is 11.6 Å². The first-order valence-corrected chi connectivity index (χ1v) is 6.72. The number of benzene rings is 1. The summed E-state index contributed by atoms with van der Waals surface area (Å²) < 4.78 is 1.93. The molecule has 1 heterocycles. The second-order valence-corrected chi connectivity index (χ2v) is 4.51. The lowest BCUT2D eigenvalue weighted by atomic mass is 10.1. The van der Waals surface area contributed by atoms with Crippen molar-refractivity contribution in [2.45, 2.75) is 26.1 Å². The molecule has 1 aromatic heterocycles. The van der Waals surface area contributed by atoms with Crippen LogP contribution in [0.4, 0.5) is 0 Å². The molecule has 18 heavy (non-hydrogen) atoms. The third-order valence-electron chi connectivity index (χ3n) is 2.92. The van der Waals surface area contributed by atoms with Crippen LogP contribution in [0.15, 0.2) is 42.7 Å². The average molecular weight is 264 g/mol. The van der Waals surface area contributed by atoms with Crippen LogP contribution in [0.2, 0.25) is 0 Å². The Kier molecular flexibility index (Phi) is 4.79. The minimum absolute atomic E-state index is 0.179. The van der Waals surface area contributed by atoms with E-state index in [-0.39, 0.29) is 6.04 Å². The highest BCUT2D eigenvalue weighted by Gasteiger charge is 2.09. The molecule has 2 rings (SSSR count). The maximum Gasteiger partial charge on any atom is 0.0534 e. The Morgan fingerprint density at radius 1 is 1.33 bits per heavy atom. The summed E-state index contributed by atoms with van der Waals surface area (Å²) in [7, 11) is 0. The van der Waals surface area contributed by atoms with Gasteiger partial charge in [-0.15, -0.1) is 11.6 Å². The highest BCUT2D eigenvalue weighted by Crippen LogP contribution is 2.14. The van der Waals surface area contributed by atoms with Gasteiger partial charge in [0.25, 0.3) is 0 Å². The number of rotatable bonds is 6. The summed E-state index contributed by atoms with van der Waals surface area (Å²) in [5.74, 6) is 0.561. The number of halogens is 1. The summed E-state index contributed by atoms with van der Waals surface area (Å²) in [5.41, 5.74) is 2.40. The molecule has 3 nitrogen and oxygen atoms in total. The molecular weight excluding hydrogens is 246 g/mol. The van der Waals surface area contributed by atoms with E-state index in [9.17, 15) is 0 Å². The summed E-state index contributed by atoms with van der Waals surface area (Å²) in [6.07, 6.45) is 3.95. The number of nitrogens with zero attached hydrogens (tertiary/aromatic N) is 2. The van der Waals surface area contributed by atoms with Crippen molar-refractivity contribution in [3.05, 3.63) is 53.9 Å². The molecule has 0 fully saturated rings. The van der Waals surface area contributed by atoms with Gasteiger partial charge in [-0.05, 0) is 12.5 Å². The van der Waals surface area contributed by atoms with E-state index in [1.165, 1.54) is 11.1 Å². The first kappa shape index (κ1) is 13.1. The molecule has 0 amide bonds. The van der Waals surface area contributed by atoms with Gasteiger partial charge >= 0.3 is 0 Å². The van der Waals surface area contributed by atoms with E-state index in [1.807, 2.05) is 29.1 Å². The van der Waals surface area contributed by atoms with E-state index in [0.717, 1.165) is 13.1 Å². The maximum atomic E-state index is 6.02. The molecular formula is C14H18ClN3. The van der Waals surface area contributed by atoms with Crippen molar-refractivity contribution in [1.82, 2.24) is 15.1 Å². The fourth-order valence-electron chi connectivity index (χ4n) is 1.86. The van der Waals surface area contributed by atoms with Crippen molar-refractivity contribution in [3.63, 3.8) is 0 Å². The van der Waals surface area contributed by atoms with Gasteiger partial charge in [0.1, 0.15) is 0 Å². The first-order chi connectivity index (χ1) is 8.83. The molecule has 0 aliphatic carbocycles. The number of alkyl halides is 1. The predicted octanol–water partition coefficient (Wildman–Crippen LogP) is 2.97. The van der Waals surface area contributed by atoms with Crippen LogP contribution in [-0.2, 0) is 13.1 Å². The maximum absolute atomic E-state index is 6.02. The van der Waals surface area contributed by atoms with Crippen molar-refractivity contribution < 1.29 is 0 Å². The molecule has 0 bridgehead atoms. The van der Waals surface area contributed by atoms with Crippen LogP contribution in [0.5, 0.6) is 0 Å². The van der Waals surface area contributed by atoms with Gasteiger partial charge in [-0.1, -0.05) is 30.3 Å². The number of hydrogen-bond acceptors (Lipinski definition) is 2. The number of aryl methyl sites for hydroxylation is 1. The second kappa shape index (κ2) is 6.57. The van der Waals surface area contributed by atoms with Crippen molar-refractivity contribution in [1.29, 1.82) is 0 Å². The highest BCUT2D eigenvalue weighted by atomic mass is 35.5. The molecule has 0 aliphatic heterocycles. The fourth-order valence-corrected chi connectivity index (χ4v) is 2.15. The molecule has 96 valence electrons. The molecule has 1 unspecified atom stereocenters. The molecule has 0 aliphatic rings. The van der Waals surface area contributed by atoms with Gasteiger partial charge in [0, 0.05) is 36.8 Å². The Labute approximate surface area is 113 Å². The SMILES string of the molecule is CCn1cc(CNC(CCl)c2ccccc2)cn1. The van der Waals surface area contributed by atoms with E-state index in [4.69, 9.17) is 11.6 Å². The van der Waals surface area contributed by atoms with Crippen LogP contribution < -0.4 is 5.32 Å². The molecule has 1 aromatic carbocycles. The topological polar surface area (TPSA) is 29.9 Å². The minimum atomic E-state index is 0.179. The van der Waals surface area contributed by atoms with Crippen LogP contribution in [0, 0.1) is 0 Å². The van der Waals surface area contributed by atoms with Crippen LogP contribution in [-0.4, -0.2) is 15.7 Å². The Morgan fingerprint density at radius 2 is 2.11 bits per heavy atom. The number of hydrogen-bond donors (Lipinski definition) is 1. The quantitative estimate of drug-likeness (QED) is 0.812. The third-order valence-corrected chi connectivity index (χ3v) is 3.23. The predicted molar refractivity (Wildman–Crippen MR) is 74.6 cm³/mol. The highest BCUT2D eigenvalue weighted by molar-refractivity contribution is 6.18. The molecule has 1 atom stereocenters. The van der Waals surface area contributed by atoms with Gasteiger partial charge in [0.05, 0.1) is 6.20 Å². The van der Waals surface area contributed by atoms with Crippen molar-refractivity contribution >= 4 is 11.6 Å². The van der Waals surface area contributed by atoms with Gasteiger partial charge in [-0.3, -0.25) is 4.68 Å². The zero-order valence-corrected chi connectivity index (χ0v) is 11.3. The largest absolute Gasteiger partial charge is 0.305 e. The standard InChI is InChI=1S/C14H18ClN3/c1-2-18-11-12(10-17-18)9-16-14(8-15)13-6-4-3-5-7-13/h3-7,10-11,14,16H,2,8-9H2,1H3. The summed E-state index contributed by atoms with van der Waals surface area (Å²) in [6, 6.07) is 10.4. The summed E-state index contributed by atoms with van der Waals surface area (Å²) in [4.78, 5) is 0. The summed E-state index contributed by atoms with van der Waals surface area (Å²) in [5, 5.41) is 7.71. The third kappa shape index (κ3) is 3.34. The molecule has 0 spiro atoms. The van der Waals surface area contributed by atoms with Crippen LogP contribution in [0.1, 0.15) is 24.1 Å². The summed E-state index contributed by atoms with van der Waals surface area (Å²) in [6.45, 7) is 3.76. The zero-order valence-electron chi connectivity index (χ0n) is 10.5. The second-order valence-electron chi connectivity index (χ2n) is 4.20. The number of nitrogens with one attached hydrogen (secondary N) is 1. The van der Waals surface area contributed by atoms with E-state index < -0.39 is 0 Å². The van der Waals surface area contributed by atoms with Gasteiger partial charge in [0.15, 0.2) is 0 Å². The van der Waals surface area contributed by atoms with Gasteiger partial charge in [0.2, 0.25) is 0 Å². The van der Waals surface area contributed by atoms with E-state index in [2.05, 4.69) is 35.7 Å². The van der Waals surface area contributed by atoms with Crippen LogP contribution in [0.25, 0.3) is 0 Å². The Hall–Kier alpha value is -1.32. The molecule has 1 N–H and O–H groups in total. The normalized spacial score (nSPS) is 12.6. The van der Waals surface area contributed by atoms with Crippen LogP contribution in [0.3, 0.4) is 0 Å². The van der Waals surface area contributed by atoms with Crippen molar-refractivity contribution in [2.75, 3.05) is 5.88 Å².